The molecule has 0 spiro atoms. The van der Waals surface area contributed by atoms with Crippen LogP contribution in [0.15, 0.2) is 135 Å². The van der Waals surface area contributed by atoms with Crippen LogP contribution in [0.1, 0.15) is 59.9 Å². The zero-order valence-corrected chi connectivity index (χ0v) is 30.9. The SMILES string of the molecule is C=CCCC(NC(=O)OCC1c2ccccc2-c2ccccc21)C(=O)OCC(NC(=O)C(CC=C)CC(=O)NC(CO)Cc1ccccc1)c1ccccc1. The number of alkyl carbamates (subject to hydrolysis) is 1. The van der Waals surface area contributed by atoms with E-state index in [-0.39, 0.29) is 50.9 Å². The molecule has 1 aliphatic rings. The van der Waals surface area contributed by atoms with Crippen molar-refractivity contribution >= 4 is 23.9 Å². The van der Waals surface area contributed by atoms with Crippen LogP contribution >= 0.6 is 0 Å². The highest BCUT2D eigenvalue weighted by Crippen LogP contribution is 2.44. The van der Waals surface area contributed by atoms with Crippen LogP contribution < -0.4 is 16.0 Å². The van der Waals surface area contributed by atoms with Gasteiger partial charge in [0.05, 0.1) is 24.6 Å². The molecule has 0 saturated carbocycles. The van der Waals surface area contributed by atoms with Crippen LogP contribution in [0, 0.1) is 5.92 Å². The number of aliphatic hydroxyl groups excluding tert-OH is 1. The quantitative estimate of drug-likeness (QED) is 0.0593. The lowest BCUT2D eigenvalue weighted by atomic mass is 9.97. The van der Waals surface area contributed by atoms with Crippen molar-refractivity contribution in [2.24, 2.45) is 5.92 Å². The molecule has 55 heavy (non-hydrogen) atoms. The van der Waals surface area contributed by atoms with Gasteiger partial charge in [-0.05, 0) is 59.1 Å². The number of carbonyl (C=O) groups excluding carboxylic acids is 4. The number of nitrogens with one attached hydrogen (secondary N) is 3. The van der Waals surface area contributed by atoms with E-state index in [0.717, 1.165) is 27.8 Å². The first-order chi connectivity index (χ1) is 26.8. The van der Waals surface area contributed by atoms with Crippen molar-refractivity contribution in [2.45, 2.75) is 56.1 Å². The predicted molar refractivity (Wildman–Crippen MR) is 212 cm³/mol. The predicted octanol–water partition coefficient (Wildman–Crippen LogP) is 6.56. The number of fused-ring (bicyclic) bond motifs is 3. The Balaban J connectivity index is 1.20. The number of carbonyl (C=O) groups is 4. The van der Waals surface area contributed by atoms with Gasteiger partial charge in [0.2, 0.25) is 11.8 Å². The molecule has 286 valence electrons. The minimum Gasteiger partial charge on any atom is -0.462 e. The van der Waals surface area contributed by atoms with Gasteiger partial charge in [-0.2, -0.15) is 0 Å². The molecule has 4 atom stereocenters. The lowest BCUT2D eigenvalue weighted by Crippen LogP contribution is -2.44. The minimum atomic E-state index is -1.03. The van der Waals surface area contributed by atoms with Crippen LogP contribution in [-0.2, 0) is 30.3 Å². The van der Waals surface area contributed by atoms with Crippen molar-refractivity contribution in [1.29, 1.82) is 0 Å². The molecule has 4 aromatic rings. The van der Waals surface area contributed by atoms with E-state index in [1.807, 2.05) is 72.8 Å². The highest BCUT2D eigenvalue weighted by atomic mass is 16.6. The van der Waals surface area contributed by atoms with Crippen molar-refractivity contribution in [1.82, 2.24) is 16.0 Å². The Hall–Kier alpha value is -6.00. The average molecular weight is 744 g/mol. The van der Waals surface area contributed by atoms with E-state index in [2.05, 4.69) is 41.2 Å². The summed E-state index contributed by atoms with van der Waals surface area (Å²) in [5.74, 6) is -2.42. The van der Waals surface area contributed by atoms with Crippen molar-refractivity contribution in [3.8, 4) is 11.1 Å². The Morgan fingerprint density at radius 2 is 1.36 bits per heavy atom. The van der Waals surface area contributed by atoms with E-state index < -0.39 is 42.0 Å². The summed E-state index contributed by atoms with van der Waals surface area (Å²) in [5, 5.41) is 18.4. The lowest BCUT2D eigenvalue weighted by Gasteiger charge is -2.24. The summed E-state index contributed by atoms with van der Waals surface area (Å²) < 4.78 is 11.4. The second-order valence-corrected chi connectivity index (χ2v) is 13.6. The molecule has 0 aromatic heterocycles. The van der Waals surface area contributed by atoms with E-state index in [1.54, 1.807) is 36.4 Å². The maximum Gasteiger partial charge on any atom is 0.407 e. The van der Waals surface area contributed by atoms with Gasteiger partial charge in [-0.25, -0.2) is 9.59 Å². The first kappa shape index (κ1) is 40.2. The van der Waals surface area contributed by atoms with E-state index in [1.165, 1.54) is 0 Å². The van der Waals surface area contributed by atoms with Gasteiger partial charge in [-0.3, -0.25) is 9.59 Å². The van der Waals surface area contributed by atoms with Crippen molar-refractivity contribution in [3.05, 3.63) is 157 Å². The summed E-state index contributed by atoms with van der Waals surface area (Å²) in [6, 6.07) is 32.3. The molecule has 4 unspecified atom stereocenters. The Morgan fingerprint density at radius 3 is 1.98 bits per heavy atom. The molecule has 4 N–H and O–H groups in total. The average Bonchev–Trinajstić information content (AvgIpc) is 3.53. The van der Waals surface area contributed by atoms with Crippen LogP contribution in [0.5, 0.6) is 0 Å². The number of allylic oxidation sites excluding steroid dienone is 2. The third-order valence-electron chi connectivity index (χ3n) is 9.65. The highest BCUT2D eigenvalue weighted by Gasteiger charge is 2.31. The fourth-order valence-corrected chi connectivity index (χ4v) is 6.83. The Kier molecular flexibility index (Phi) is 14.9. The second kappa shape index (κ2) is 20.5. The maximum absolute atomic E-state index is 13.7. The third kappa shape index (κ3) is 11.3. The van der Waals surface area contributed by atoms with Crippen LogP contribution in [0.3, 0.4) is 0 Å². The fraction of sp³-hybridized carbons (Fsp3) is 0.289. The van der Waals surface area contributed by atoms with Gasteiger partial charge >= 0.3 is 12.1 Å². The summed E-state index contributed by atoms with van der Waals surface area (Å²) in [5.41, 5.74) is 5.99. The summed E-state index contributed by atoms with van der Waals surface area (Å²) in [6.45, 7) is 7.11. The number of benzene rings is 4. The van der Waals surface area contributed by atoms with Crippen molar-refractivity contribution in [2.75, 3.05) is 19.8 Å². The summed E-state index contributed by atoms with van der Waals surface area (Å²) in [4.78, 5) is 53.4. The van der Waals surface area contributed by atoms with Crippen molar-refractivity contribution in [3.63, 3.8) is 0 Å². The van der Waals surface area contributed by atoms with Gasteiger partial charge in [0.15, 0.2) is 0 Å². The van der Waals surface area contributed by atoms with Gasteiger partial charge in [0, 0.05) is 12.3 Å². The summed E-state index contributed by atoms with van der Waals surface area (Å²) in [7, 11) is 0. The largest absolute Gasteiger partial charge is 0.462 e. The van der Waals surface area contributed by atoms with E-state index in [0.29, 0.717) is 18.4 Å². The topological polar surface area (TPSA) is 143 Å². The maximum atomic E-state index is 13.7. The van der Waals surface area contributed by atoms with Crippen LogP contribution in [0.4, 0.5) is 4.79 Å². The van der Waals surface area contributed by atoms with Crippen LogP contribution in [0.2, 0.25) is 0 Å². The number of ether oxygens (including phenoxy) is 2. The Labute approximate surface area is 322 Å². The number of rotatable bonds is 20. The fourth-order valence-electron chi connectivity index (χ4n) is 6.83. The van der Waals surface area contributed by atoms with Gasteiger partial charge in [-0.1, -0.05) is 121 Å². The zero-order valence-electron chi connectivity index (χ0n) is 30.9. The van der Waals surface area contributed by atoms with E-state index >= 15 is 0 Å². The molecule has 0 aliphatic heterocycles. The molecular weight excluding hydrogens is 695 g/mol. The minimum absolute atomic E-state index is 0.0861. The van der Waals surface area contributed by atoms with Gasteiger partial charge < -0.3 is 30.5 Å². The molecular formula is C45H49N3O7. The Bertz CT molecular complexity index is 1870. The summed E-state index contributed by atoms with van der Waals surface area (Å²) >= 11 is 0. The standard InChI is InChI=1S/C45H49N3O7/c1-3-5-25-40(48-45(53)55-29-39-37-23-14-12-21-35(37)36-22-13-15-24-38(36)39)44(52)54-30-41(32-19-10-7-11-20-32)47-43(51)33(16-4-2)27-42(50)46-34(28-49)26-31-17-8-6-9-18-31/h3-4,6-15,17-24,33-34,39-41,49H,1-2,5,16,25-30H2,(H,46,50)(H,47,51)(H,48,53). The highest BCUT2D eigenvalue weighted by molar-refractivity contribution is 5.86. The molecule has 0 heterocycles. The smallest absolute Gasteiger partial charge is 0.407 e. The number of hydrogen-bond acceptors (Lipinski definition) is 7. The molecule has 4 aromatic carbocycles. The number of amides is 3. The zero-order chi connectivity index (χ0) is 39.0. The molecule has 0 saturated heterocycles. The first-order valence-electron chi connectivity index (χ1n) is 18.6. The molecule has 0 bridgehead atoms. The van der Waals surface area contributed by atoms with Crippen LogP contribution in [-0.4, -0.2) is 60.9 Å². The molecule has 10 nitrogen and oxygen atoms in total. The number of esters is 1. The van der Waals surface area contributed by atoms with Gasteiger partial charge in [0.1, 0.15) is 19.3 Å². The molecule has 1 aliphatic carbocycles. The number of hydrogen-bond donors (Lipinski definition) is 4. The molecule has 3 amide bonds. The molecule has 0 radical (unpaired) electrons. The summed E-state index contributed by atoms with van der Waals surface area (Å²) in [6.07, 6.45) is 3.63. The van der Waals surface area contributed by atoms with Crippen LogP contribution in [0.25, 0.3) is 11.1 Å². The first-order valence-corrected chi connectivity index (χ1v) is 18.6. The second-order valence-electron chi connectivity index (χ2n) is 13.6. The molecule has 5 rings (SSSR count). The number of aliphatic hydroxyl groups is 1. The monoisotopic (exact) mass is 743 g/mol. The Morgan fingerprint density at radius 1 is 0.745 bits per heavy atom. The molecule has 10 heteroatoms. The lowest BCUT2D eigenvalue weighted by molar-refractivity contribution is -0.147. The third-order valence-corrected chi connectivity index (χ3v) is 9.65. The van der Waals surface area contributed by atoms with E-state index in [9.17, 15) is 24.3 Å². The van der Waals surface area contributed by atoms with Gasteiger partial charge in [0.25, 0.3) is 0 Å². The van der Waals surface area contributed by atoms with Crippen molar-refractivity contribution < 1.29 is 33.8 Å². The normalized spacial score (nSPS) is 13.8. The molecule has 0 fully saturated rings. The van der Waals surface area contributed by atoms with Gasteiger partial charge in [-0.15, -0.1) is 13.2 Å². The van der Waals surface area contributed by atoms with E-state index in [4.69, 9.17) is 9.47 Å².